The van der Waals surface area contributed by atoms with Crippen molar-refractivity contribution < 1.29 is 4.39 Å². The maximum absolute atomic E-state index is 13.2. The third kappa shape index (κ3) is 5.18. The number of rotatable bonds is 7. The quantitative estimate of drug-likeness (QED) is 0.287. The number of benzene rings is 2. The first-order valence-corrected chi connectivity index (χ1v) is 12.5. The standard InChI is InChI=1S/C26H27FN6S/c1-32-25(20-5-7-23(27)8-6-20)30-31-26(32)34-16-2-13-33-14-9-19-3-4-22(17-21(19)10-15-33)24-18-28-11-12-29-24/h3-8,11-12,17-18H,2,9-10,13-16H2,1H3. The normalized spacial score (nSPS) is 14.1. The highest BCUT2D eigenvalue weighted by atomic mass is 32.2. The molecule has 0 aliphatic carbocycles. The second-order valence-corrected chi connectivity index (χ2v) is 9.55. The molecular weight excluding hydrogens is 447 g/mol. The molecule has 0 unspecified atom stereocenters. The molecule has 34 heavy (non-hydrogen) atoms. The Bertz CT molecular complexity index is 1240. The second kappa shape index (κ2) is 10.4. The Kier molecular flexibility index (Phi) is 6.97. The molecular formula is C26H27FN6S. The summed E-state index contributed by atoms with van der Waals surface area (Å²) >= 11 is 1.72. The van der Waals surface area contributed by atoms with E-state index in [1.54, 1.807) is 36.3 Å². The van der Waals surface area contributed by atoms with Crippen molar-refractivity contribution in [3.63, 3.8) is 0 Å². The summed E-state index contributed by atoms with van der Waals surface area (Å²) in [5, 5.41) is 9.52. The maximum atomic E-state index is 13.2. The molecule has 0 atom stereocenters. The topological polar surface area (TPSA) is 59.7 Å². The molecule has 0 saturated carbocycles. The van der Waals surface area contributed by atoms with Gasteiger partial charge in [-0.25, -0.2) is 4.39 Å². The van der Waals surface area contributed by atoms with Crippen molar-refractivity contribution in [1.29, 1.82) is 0 Å². The lowest BCUT2D eigenvalue weighted by molar-refractivity contribution is 0.289. The van der Waals surface area contributed by atoms with Gasteiger partial charge in [-0.2, -0.15) is 0 Å². The predicted octanol–water partition coefficient (Wildman–Crippen LogP) is 4.66. The fourth-order valence-corrected chi connectivity index (χ4v) is 5.18. The van der Waals surface area contributed by atoms with Crippen molar-refractivity contribution in [3.05, 3.63) is 78.0 Å². The van der Waals surface area contributed by atoms with Crippen molar-refractivity contribution in [2.45, 2.75) is 24.4 Å². The van der Waals surface area contributed by atoms with Gasteiger partial charge in [0.2, 0.25) is 0 Å². The number of hydrogen-bond donors (Lipinski definition) is 0. The maximum Gasteiger partial charge on any atom is 0.191 e. The molecule has 1 aliphatic heterocycles. The van der Waals surface area contributed by atoms with Crippen molar-refractivity contribution in [3.8, 4) is 22.6 Å². The Balaban J connectivity index is 1.12. The smallest absolute Gasteiger partial charge is 0.191 e. The van der Waals surface area contributed by atoms with Gasteiger partial charge in [-0.05, 0) is 67.3 Å². The van der Waals surface area contributed by atoms with Gasteiger partial charge >= 0.3 is 0 Å². The van der Waals surface area contributed by atoms with Crippen LogP contribution in [0.1, 0.15) is 17.5 Å². The summed E-state index contributed by atoms with van der Waals surface area (Å²) in [5.74, 6) is 1.49. The van der Waals surface area contributed by atoms with E-state index in [0.717, 1.165) is 72.5 Å². The molecule has 0 N–H and O–H groups in total. The van der Waals surface area contributed by atoms with Gasteiger partial charge in [0.15, 0.2) is 11.0 Å². The zero-order chi connectivity index (χ0) is 23.3. The Morgan fingerprint density at radius 3 is 2.53 bits per heavy atom. The second-order valence-electron chi connectivity index (χ2n) is 8.49. The molecule has 0 radical (unpaired) electrons. The van der Waals surface area contributed by atoms with Gasteiger partial charge in [0.05, 0.1) is 11.9 Å². The van der Waals surface area contributed by atoms with Crippen LogP contribution in [0.2, 0.25) is 0 Å². The molecule has 1 aliphatic rings. The van der Waals surface area contributed by atoms with Gasteiger partial charge in [-0.15, -0.1) is 10.2 Å². The first-order chi connectivity index (χ1) is 16.7. The first-order valence-electron chi connectivity index (χ1n) is 11.6. The van der Waals surface area contributed by atoms with E-state index >= 15 is 0 Å². The fraction of sp³-hybridized carbons (Fsp3) is 0.308. The molecule has 0 amide bonds. The minimum atomic E-state index is -0.247. The van der Waals surface area contributed by atoms with Crippen LogP contribution in [0.3, 0.4) is 0 Å². The van der Waals surface area contributed by atoms with E-state index in [9.17, 15) is 4.39 Å². The summed E-state index contributed by atoms with van der Waals surface area (Å²) < 4.78 is 15.2. The zero-order valence-electron chi connectivity index (χ0n) is 19.2. The SMILES string of the molecule is Cn1c(SCCCN2CCc3ccc(-c4cnccn4)cc3CC2)nnc1-c1ccc(F)cc1. The summed E-state index contributed by atoms with van der Waals surface area (Å²) in [6.45, 7) is 3.22. The molecule has 2 aromatic carbocycles. The molecule has 3 heterocycles. The van der Waals surface area contributed by atoms with Crippen molar-refractivity contribution in [2.75, 3.05) is 25.4 Å². The van der Waals surface area contributed by atoms with Gasteiger partial charge in [0.25, 0.3) is 0 Å². The monoisotopic (exact) mass is 474 g/mol. The lowest BCUT2D eigenvalue weighted by Gasteiger charge is -2.19. The molecule has 4 aromatic rings. The molecule has 5 rings (SSSR count). The van der Waals surface area contributed by atoms with Crippen LogP contribution in [0, 0.1) is 5.82 Å². The van der Waals surface area contributed by atoms with Gasteiger partial charge in [0, 0.05) is 49.4 Å². The van der Waals surface area contributed by atoms with Gasteiger partial charge in [-0.3, -0.25) is 9.97 Å². The van der Waals surface area contributed by atoms with Crippen LogP contribution >= 0.6 is 11.8 Å². The Morgan fingerprint density at radius 1 is 0.941 bits per heavy atom. The van der Waals surface area contributed by atoms with Crippen LogP contribution < -0.4 is 0 Å². The third-order valence-electron chi connectivity index (χ3n) is 6.25. The molecule has 6 nitrogen and oxygen atoms in total. The summed E-state index contributed by atoms with van der Waals surface area (Å²) in [6.07, 6.45) is 8.49. The minimum Gasteiger partial charge on any atom is -0.305 e. The number of fused-ring (bicyclic) bond motifs is 1. The molecule has 0 fully saturated rings. The lowest BCUT2D eigenvalue weighted by atomic mass is 9.99. The molecule has 174 valence electrons. The first kappa shape index (κ1) is 22.7. The molecule has 0 spiro atoms. The minimum absolute atomic E-state index is 0.247. The zero-order valence-corrected chi connectivity index (χ0v) is 20.0. The molecule has 8 heteroatoms. The average Bonchev–Trinajstić information content (AvgIpc) is 3.11. The molecule has 2 aromatic heterocycles. The summed E-state index contributed by atoms with van der Waals surface area (Å²) in [7, 11) is 1.96. The van der Waals surface area contributed by atoms with Crippen LogP contribution in [0.25, 0.3) is 22.6 Å². The largest absolute Gasteiger partial charge is 0.305 e. The summed E-state index contributed by atoms with van der Waals surface area (Å²) in [6, 6.07) is 13.1. The van der Waals surface area contributed by atoms with Crippen LogP contribution in [0.15, 0.2) is 66.2 Å². The van der Waals surface area contributed by atoms with E-state index in [0.29, 0.717) is 0 Å². The van der Waals surface area contributed by atoms with E-state index in [2.05, 4.69) is 43.3 Å². The number of nitrogens with zero attached hydrogens (tertiary/aromatic N) is 6. The van der Waals surface area contributed by atoms with E-state index in [1.807, 2.05) is 17.8 Å². The van der Waals surface area contributed by atoms with Crippen LogP contribution in [-0.4, -0.2) is 55.0 Å². The van der Waals surface area contributed by atoms with E-state index < -0.39 is 0 Å². The van der Waals surface area contributed by atoms with E-state index in [-0.39, 0.29) is 5.82 Å². The van der Waals surface area contributed by atoms with E-state index in [1.165, 1.54) is 23.3 Å². The number of aromatic nitrogens is 5. The highest BCUT2D eigenvalue weighted by molar-refractivity contribution is 7.99. The predicted molar refractivity (Wildman–Crippen MR) is 133 cm³/mol. The Labute approximate surface area is 203 Å². The Hall–Kier alpha value is -3.10. The van der Waals surface area contributed by atoms with Crippen LogP contribution in [-0.2, 0) is 19.9 Å². The van der Waals surface area contributed by atoms with Crippen molar-refractivity contribution in [1.82, 2.24) is 29.6 Å². The van der Waals surface area contributed by atoms with Gasteiger partial charge < -0.3 is 9.47 Å². The van der Waals surface area contributed by atoms with E-state index in [4.69, 9.17) is 0 Å². The molecule has 0 bridgehead atoms. The number of thioether (sulfide) groups is 1. The van der Waals surface area contributed by atoms with Gasteiger partial charge in [0.1, 0.15) is 5.82 Å². The van der Waals surface area contributed by atoms with Crippen LogP contribution in [0.4, 0.5) is 4.39 Å². The highest BCUT2D eigenvalue weighted by Gasteiger charge is 2.16. The Morgan fingerprint density at radius 2 is 1.74 bits per heavy atom. The summed E-state index contributed by atoms with van der Waals surface area (Å²) in [5.41, 5.74) is 5.80. The molecule has 0 saturated heterocycles. The van der Waals surface area contributed by atoms with Crippen LogP contribution in [0.5, 0.6) is 0 Å². The summed E-state index contributed by atoms with van der Waals surface area (Å²) in [4.78, 5) is 11.2. The van der Waals surface area contributed by atoms with Crippen molar-refractivity contribution >= 4 is 11.8 Å². The fourth-order valence-electron chi connectivity index (χ4n) is 4.35. The highest BCUT2D eigenvalue weighted by Crippen LogP contribution is 2.25. The van der Waals surface area contributed by atoms with Crippen molar-refractivity contribution in [2.24, 2.45) is 7.05 Å². The number of hydrogen-bond acceptors (Lipinski definition) is 6. The third-order valence-corrected chi connectivity index (χ3v) is 7.35. The van der Waals surface area contributed by atoms with Gasteiger partial charge in [-0.1, -0.05) is 23.9 Å². The lowest BCUT2D eigenvalue weighted by Crippen LogP contribution is -2.27. The average molecular weight is 475 g/mol. The number of halogens is 1.